The van der Waals surface area contributed by atoms with Crippen LogP contribution in [0.5, 0.6) is 0 Å². The Balaban J connectivity index is 2.19. The first kappa shape index (κ1) is 21.9. The Bertz CT molecular complexity index is 808. The number of amides is 2. The summed E-state index contributed by atoms with van der Waals surface area (Å²) < 4.78 is 13.2. The molecular weight excluding hydrogens is 379 g/mol. The zero-order valence-electron chi connectivity index (χ0n) is 16.4. The molecule has 0 radical (unpaired) electrons. The monoisotopic (exact) mass is 404 g/mol. The molecule has 150 valence electrons. The van der Waals surface area contributed by atoms with Gasteiger partial charge in [0.25, 0.3) is 0 Å². The minimum absolute atomic E-state index is 0.129. The van der Waals surface area contributed by atoms with Gasteiger partial charge in [-0.15, -0.1) is 0 Å². The Labute approximate surface area is 170 Å². The Kier molecular flexibility index (Phi) is 8.00. The van der Waals surface area contributed by atoms with Crippen LogP contribution in [0.1, 0.15) is 31.9 Å². The molecule has 0 aliphatic heterocycles. The van der Waals surface area contributed by atoms with Crippen LogP contribution in [0.15, 0.2) is 48.5 Å². The first-order valence-corrected chi connectivity index (χ1v) is 9.70. The third kappa shape index (κ3) is 6.64. The van der Waals surface area contributed by atoms with Gasteiger partial charge in [-0.05, 0) is 48.2 Å². The Hall–Kier alpha value is -2.40. The second kappa shape index (κ2) is 10.2. The minimum Gasteiger partial charge on any atom is -0.354 e. The van der Waals surface area contributed by atoms with Crippen molar-refractivity contribution < 1.29 is 14.0 Å². The van der Waals surface area contributed by atoms with Crippen molar-refractivity contribution in [2.45, 2.75) is 39.8 Å². The van der Waals surface area contributed by atoms with Gasteiger partial charge in [0.1, 0.15) is 11.9 Å². The number of nitrogens with zero attached hydrogens (tertiary/aromatic N) is 1. The maximum Gasteiger partial charge on any atom is 0.242 e. The second-order valence-electron chi connectivity index (χ2n) is 7.27. The fraction of sp³-hybridized carbons (Fsp3) is 0.364. The molecule has 2 amide bonds. The molecule has 0 bridgehead atoms. The van der Waals surface area contributed by atoms with Crippen molar-refractivity contribution in [2.24, 2.45) is 5.92 Å². The molecule has 2 aromatic rings. The second-order valence-corrected chi connectivity index (χ2v) is 7.71. The zero-order chi connectivity index (χ0) is 20.7. The fourth-order valence-corrected chi connectivity index (χ4v) is 2.96. The van der Waals surface area contributed by atoms with Gasteiger partial charge < -0.3 is 10.2 Å². The van der Waals surface area contributed by atoms with Crippen LogP contribution in [0.4, 0.5) is 4.39 Å². The summed E-state index contributed by atoms with van der Waals surface area (Å²) in [7, 11) is 0. The summed E-state index contributed by atoms with van der Waals surface area (Å²) in [4.78, 5) is 27.1. The molecule has 2 aromatic carbocycles. The molecule has 0 aliphatic carbocycles. The molecule has 6 heteroatoms. The highest BCUT2D eigenvalue weighted by Crippen LogP contribution is 2.15. The number of halogens is 2. The van der Waals surface area contributed by atoms with E-state index in [4.69, 9.17) is 11.6 Å². The number of hydrogen-bond acceptors (Lipinski definition) is 2. The Morgan fingerprint density at radius 1 is 1.07 bits per heavy atom. The van der Waals surface area contributed by atoms with Crippen LogP contribution < -0.4 is 5.32 Å². The van der Waals surface area contributed by atoms with Gasteiger partial charge >= 0.3 is 0 Å². The SMILES string of the molecule is CC(C)CNC(=O)[C@@H](C)N(Cc1ccc(F)cc1)C(=O)Cc1cccc(Cl)c1. The topological polar surface area (TPSA) is 49.4 Å². The number of rotatable bonds is 8. The molecule has 0 aromatic heterocycles. The van der Waals surface area contributed by atoms with Crippen molar-refractivity contribution in [3.63, 3.8) is 0 Å². The van der Waals surface area contributed by atoms with Gasteiger partial charge in [-0.2, -0.15) is 0 Å². The average molecular weight is 405 g/mol. The lowest BCUT2D eigenvalue weighted by molar-refractivity contribution is -0.140. The Morgan fingerprint density at radius 3 is 2.36 bits per heavy atom. The molecule has 0 unspecified atom stereocenters. The first-order chi connectivity index (χ1) is 13.3. The molecule has 0 fully saturated rings. The van der Waals surface area contributed by atoms with Gasteiger partial charge in [0, 0.05) is 18.1 Å². The summed E-state index contributed by atoms with van der Waals surface area (Å²) in [6.45, 7) is 6.47. The van der Waals surface area contributed by atoms with Gasteiger partial charge in [-0.25, -0.2) is 4.39 Å². The van der Waals surface area contributed by atoms with Crippen LogP contribution in [0.2, 0.25) is 5.02 Å². The normalized spacial score (nSPS) is 11.9. The van der Waals surface area contributed by atoms with Crippen LogP contribution >= 0.6 is 11.6 Å². The highest BCUT2D eigenvalue weighted by molar-refractivity contribution is 6.30. The number of nitrogens with one attached hydrogen (secondary N) is 1. The predicted molar refractivity (Wildman–Crippen MR) is 109 cm³/mol. The summed E-state index contributed by atoms with van der Waals surface area (Å²) in [5.41, 5.74) is 1.53. The van der Waals surface area contributed by atoms with E-state index in [0.29, 0.717) is 17.5 Å². The molecule has 0 aliphatic rings. The smallest absolute Gasteiger partial charge is 0.242 e. The molecule has 28 heavy (non-hydrogen) atoms. The lowest BCUT2D eigenvalue weighted by Crippen LogP contribution is -2.48. The van der Waals surface area contributed by atoms with E-state index in [1.165, 1.54) is 17.0 Å². The van der Waals surface area contributed by atoms with E-state index < -0.39 is 6.04 Å². The van der Waals surface area contributed by atoms with Crippen molar-refractivity contribution >= 4 is 23.4 Å². The average Bonchev–Trinajstić information content (AvgIpc) is 2.65. The van der Waals surface area contributed by atoms with Gasteiger partial charge in [0.15, 0.2) is 0 Å². The molecular formula is C22H26ClFN2O2. The summed E-state index contributed by atoms with van der Waals surface area (Å²) >= 11 is 6.01. The quantitative estimate of drug-likeness (QED) is 0.716. The highest BCUT2D eigenvalue weighted by atomic mass is 35.5. The van der Waals surface area contributed by atoms with E-state index in [1.54, 1.807) is 37.3 Å². The lowest BCUT2D eigenvalue weighted by atomic mass is 10.1. The summed E-state index contributed by atoms with van der Waals surface area (Å²) in [5.74, 6) is -0.443. The molecule has 1 atom stereocenters. The van der Waals surface area contributed by atoms with E-state index in [2.05, 4.69) is 5.32 Å². The van der Waals surface area contributed by atoms with Gasteiger partial charge in [0.05, 0.1) is 6.42 Å². The largest absolute Gasteiger partial charge is 0.354 e. The van der Waals surface area contributed by atoms with Crippen molar-refractivity contribution in [1.29, 1.82) is 0 Å². The molecule has 4 nitrogen and oxygen atoms in total. The number of carbonyl (C=O) groups is 2. The minimum atomic E-state index is -0.657. The number of carbonyl (C=O) groups excluding carboxylic acids is 2. The van der Waals surface area contributed by atoms with Crippen molar-refractivity contribution in [3.05, 3.63) is 70.5 Å². The van der Waals surface area contributed by atoms with Crippen LogP contribution in [0.3, 0.4) is 0 Å². The number of hydrogen-bond donors (Lipinski definition) is 1. The predicted octanol–water partition coefficient (Wildman–Crippen LogP) is 4.21. The van der Waals surface area contributed by atoms with Crippen molar-refractivity contribution in [1.82, 2.24) is 10.2 Å². The summed E-state index contributed by atoms with van der Waals surface area (Å²) in [5, 5.41) is 3.42. The lowest BCUT2D eigenvalue weighted by Gasteiger charge is -2.29. The van der Waals surface area contributed by atoms with Crippen LogP contribution in [-0.4, -0.2) is 29.3 Å². The van der Waals surface area contributed by atoms with E-state index in [-0.39, 0.29) is 30.6 Å². The van der Waals surface area contributed by atoms with Crippen LogP contribution in [0.25, 0.3) is 0 Å². The maximum absolute atomic E-state index is 13.2. The van der Waals surface area contributed by atoms with Crippen molar-refractivity contribution in [3.8, 4) is 0 Å². The third-order valence-electron chi connectivity index (χ3n) is 4.36. The summed E-state index contributed by atoms with van der Waals surface area (Å²) in [6, 6.07) is 12.4. The van der Waals surface area contributed by atoms with E-state index >= 15 is 0 Å². The standard InChI is InChI=1S/C22H26ClFN2O2/c1-15(2)13-25-22(28)16(3)26(14-17-7-9-20(24)10-8-17)21(27)12-18-5-4-6-19(23)11-18/h4-11,15-16H,12-14H2,1-3H3,(H,25,28)/t16-/m1/s1. The first-order valence-electron chi connectivity index (χ1n) is 9.32. The maximum atomic E-state index is 13.2. The third-order valence-corrected chi connectivity index (χ3v) is 4.60. The van der Waals surface area contributed by atoms with E-state index in [0.717, 1.165) is 11.1 Å². The van der Waals surface area contributed by atoms with Crippen LogP contribution in [0, 0.1) is 11.7 Å². The van der Waals surface area contributed by atoms with E-state index in [1.807, 2.05) is 19.9 Å². The molecule has 0 spiro atoms. The fourth-order valence-electron chi connectivity index (χ4n) is 2.74. The molecule has 1 N–H and O–H groups in total. The van der Waals surface area contributed by atoms with Crippen molar-refractivity contribution in [2.75, 3.05) is 6.54 Å². The van der Waals surface area contributed by atoms with Gasteiger partial charge in [0.2, 0.25) is 11.8 Å². The van der Waals surface area contributed by atoms with Crippen LogP contribution in [-0.2, 0) is 22.6 Å². The molecule has 2 rings (SSSR count). The molecule has 0 heterocycles. The summed E-state index contributed by atoms with van der Waals surface area (Å²) in [6.07, 6.45) is 0.129. The number of benzene rings is 2. The van der Waals surface area contributed by atoms with Gasteiger partial charge in [-0.1, -0.05) is 49.7 Å². The zero-order valence-corrected chi connectivity index (χ0v) is 17.2. The van der Waals surface area contributed by atoms with Gasteiger partial charge in [-0.3, -0.25) is 9.59 Å². The highest BCUT2D eigenvalue weighted by Gasteiger charge is 2.26. The Morgan fingerprint density at radius 2 is 1.75 bits per heavy atom. The van der Waals surface area contributed by atoms with E-state index in [9.17, 15) is 14.0 Å². The molecule has 0 saturated heterocycles. The molecule has 0 saturated carbocycles.